The van der Waals surface area contributed by atoms with Crippen molar-refractivity contribution in [1.82, 2.24) is 9.62 Å². The van der Waals surface area contributed by atoms with Crippen LogP contribution in [0.2, 0.25) is 0 Å². The average molecular weight is 390 g/mol. The van der Waals surface area contributed by atoms with Gasteiger partial charge in [-0.1, -0.05) is 35.9 Å². The number of para-hydroxylation sites is 1. The van der Waals surface area contributed by atoms with E-state index >= 15 is 0 Å². The van der Waals surface area contributed by atoms with Crippen LogP contribution in [0, 0.1) is 6.92 Å². The number of nitrogens with one attached hydrogen (secondary N) is 1. The Morgan fingerprint density at radius 2 is 1.59 bits per heavy atom. The number of amides is 1. The van der Waals surface area contributed by atoms with Gasteiger partial charge in [-0.05, 0) is 38.1 Å². The number of carbonyl (C=O) groups excluding carboxylic acids is 1. The summed E-state index contributed by atoms with van der Waals surface area (Å²) in [6.45, 7) is 4.58. The smallest absolute Gasteiger partial charge is 0.241 e. The summed E-state index contributed by atoms with van der Waals surface area (Å²) in [5, 5.41) is 0. The maximum atomic E-state index is 12.5. The average Bonchev–Trinajstić information content (AvgIpc) is 2.65. The standard InChI is InChI=1S/C20H27N3O3S/c1-16-10-12-19(13-11-16)27(25,26)21-17(2)20(24)23(4)15-14-22(3)18-8-6-5-7-9-18/h5-13,17,21H,14-15H2,1-4H3/t17-/m0/s1. The molecular weight excluding hydrogens is 362 g/mol. The number of nitrogens with zero attached hydrogens (tertiary/aromatic N) is 2. The molecule has 0 spiro atoms. The zero-order valence-corrected chi connectivity index (χ0v) is 17.0. The van der Waals surface area contributed by atoms with Crippen LogP contribution in [0.3, 0.4) is 0 Å². The first-order chi connectivity index (χ1) is 12.7. The van der Waals surface area contributed by atoms with Crippen molar-refractivity contribution in [3.63, 3.8) is 0 Å². The second kappa shape index (κ2) is 9.01. The zero-order chi connectivity index (χ0) is 20.0. The molecule has 0 bridgehead atoms. The maximum Gasteiger partial charge on any atom is 0.241 e. The summed E-state index contributed by atoms with van der Waals surface area (Å²) in [6, 6.07) is 15.6. The minimum atomic E-state index is -3.74. The van der Waals surface area contributed by atoms with E-state index in [0.29, 0.717) is 13.1 Å². The van der Waals surface area contributed by atoms with E-state index in [0.717, 1.165) is 11.3 Å². The molecule has 0 fully saturated rings. The van der Waals surface area contributed by atoms with Crippen LogP contribution < -0.4 is 9.62 Å². The van der Waals surface area contributed by atoms with Crippen LogP contribution in [0.25, 0.3) is 0 Å². The Balaban J connectivity index is 1.92. The number of benzene rings is 2. The predicted molar refractivity (Wildman–Crippen MR) is 108 cm³/mol. The summed E-state index contributed by atoms with van der Waals surface area (Å²) < 4.78 is 27.3. The number of hydrogen-bond donors (Lipinski definition) is 1. The predicted octanol–water partition coefficient (Wildman–Crippen LogP) is 2.26. The van der Waals surface area contributed by atoms with Gasteiger partial charge in [0.2, 0.25) is 15.9 Å². The monoisotopic (exact) mass is 389 g/mol. The molecule has 6 nitrogen and oxygen atoms in total. The molecule has 0 saturated heterocycles. The number of likely N-dealkylation sites (N-methyl/N-ethyl adjacent to an activating group) is 2. The van der Waals surface area contributed by atoms with Gasteiger partial charge >= 0.3 is 0 Å². The molecule has 2 aromatic carbocycles. The van der Waals surface area contributed by atoms with E-state index < -0.39 is 16.1 Å². The van der Waals surface area contributed by atoms with Crippen molar-refractivity contribution in [2.75, 3.05) is 32.1 Å². The lowest BCUT2D eigenvalue weighted by atomic mass is 10.2. The second-order valence-electron chi connectivity index (χ2n) is 6.67. The molecular formula is C20H27N3O3S. The van der Waals surface area contributed by atoms with Crippen LogP contribution in [-0.2, 0) is 14.8 Å². The fourth-order valence-corrected chi connectivity index (χ4v) is 3.82. The van der Waals surface area contributed by atoms with E-state index in [9.17, 15) is 13.2 Å². The quantitative estimate of drug-likeness (QED) is 0.752. The van der Waals surface area contributed by atoms with Crippen molar-refractivity contribution in [3.8, 4) is 0 Å². The van der Waals surface area contributed by atoms with Gasteiger partial charge in [0.15, 0.2) is 0 Å². The number of carbonyl (C=O) groups is 1. The summed E-state index contributed by atoms with van der Waals surface area (Å²) in [5.41, 5.74) is 2.03. The fraction of sp³-hybridized carbons (Fsp3) is 0.350. The highest BCUT2D eigenvalue weighted by atomic mass is 32.2. The third-order valence-corrected chi connectivity index (χ3v) is 5.93. The Morgan fingerprint density at radius 3 is 2.19 bits per heavy atom. The first kappa shape index (κ1) is 20.9. The molecule has 2 rings (SSSR count). The van der Waals surface area contributed by atoms with Gasteiger partial charge in [0.1, 0.15) is 0 Å². The number of aryl methyl sites for hydroxylation is 1. The molecule has 146 valence electrons. The summed E-state index contributed by atoms with van der Waals surface area (Å²) in [6.07, 6.45) is 0. The highest BCUT2D eigenvalue weighted by Crippen LogP contribution is 2.12. The van der Waals surface area contributed by atoms with Gasteiger partial charge in [0.05, 0.1) is 10.9 Å². The molecule has 0 aliphatic rings. The van der Waals surface area contributed by atoms with Gasteiger partial charge in [-0.25, -0.2) is 8.42 Å². The zero-order valence-electron chi connectivity index (χ0n) is 16.2. The van der Waals surface area contributed by atoms with Gasteiger partial charge < -0.3 is 9.80 Å². The van der Waals surface area contributed by atoms with Crippen molar-refractivity contribution >= 4 is 21.6 Å². The molecule has 0 unspecified atom stereocenters. The molecule has 0 aliphatic heterocycles. The Kier molecular flexibility index (Phi) is 6.98. The largest absolute Gasteiger partial charge is 0.373 e. The number of anilines is 1. The van der Waals surface area contributed by atoms with Gasteiger partial charge in [-0.3, -0.25) is 4.79 Å². The molecule has 0 saturated carbocycles. The molecule has 0 aromatic heterocycles. The van der Waals surface area contributed by atoms with Crippen LogP contribution in [0.1, 0.15) is 12.5 Å². The fourth-order valence-electron chi connectivity index (χ4n) is 2.62. The molecule has 1 amide bonds. The van der Waals surface area contributed by atoms with E-state index in [2.05, 4.69) is 4.72 Å². The summed E-state index contributed by atoms with van der Waals surface area (Å²) >= 11 is 0. The van der Waals surface area contributed by atoms with Crippen LogP contribution in [0.5, 0.6) is 0 Å². The Bertz CT molecular complexity index is 852. The van der Waals surface area contributed by atoms with Crippen LogP contribution in [-0.4, -0.2) is 52.5 Å². The lowest BCUT2D eigenvalue weighted by molar-refractivity contribution is -0.131. The van der Waals surface area contributed by atoms with Crippen molar-refractivity contribution in [2.45, 2.75) is 24.8 Å². The molecule has 0 radical (unpaired) electrons. The minimum absolute atomic E-state index is 0.152. The Hall–Kier alpha value is -2.38. The third-order valence-electron chi connectivity index (χ3n) is 4.38. The molecule has 1 N–H and O–H groups in total. The molecule has 1 atom stereocenters. The van der Waals surface area contributed by atoms with Crippen LogP contribution in [0.15, 0.2) is 59.5 Å². The second-order valence-corrected chi connectivity index (χ2v) is 8.39. The SMILES string of the molecule is Cc1ccc(S(=O)(=O)N[C@@H](C)C(=O)N(C)CCN(C)c2ccccc2)cc1. The minimum Gasteiger partial charge on any atom is -0.373 e. The van der Waals surface area contributed by atoms with E-state index in [1.807, 2.05) is 49.2 Å². The molecule has 0 aliphatic carbocycles. The number of sulfonamides is 1. The van der Waals surface area contributed by atoms with Gasteiger partial charge in [-0.15, -0.1) is 0 Å². The Morgan fingerprint density at radius 1 is 1.00 bits per heavy atom. The molecule has 7 heteroatoms. The number of rotatable bonds is 8. The lowest BCUT2D eigenvalue weighted by Gasteiger charge is -2.26. The first-order valence-electron chi connectivity index (χ1n) is 8.81. The van der Waals surface area contributed by atoms with E-state index in [4.69, 9.17) is 0 Å². The summed E-state index contributed by atoms with van der Waals surface area (Å²) in [7, 11) is -0.103. The lowest BCUT2D eigenvalue weighted by Crippen LogP contribution is -2.47. The first-order valence-corrected chi connectivity index (χ1v) is 10.3. The number of hydrogen-bond acceptors (Lipinski definition) is 4. The summed E-state index contributed by atoms with van der Waals surface area (Å²) in [4.78, 5) is 16.3. The van der Waals surface area contributed by atoms with Gasteiger partial charge in [-0.2, -0.15) is 4.72 Å². The van der Waals surface area contributed by atoms with Gasteiger partial charge in [0, 0.05) is 32.9 Å². The molecule has 0 heterocycles. The summed E-state index contributed by atoms with van der Waals surface area (Å²) in [5.74, 6) is -0.271. The topological polar surface area (TPSA) is 69.7 Å². The normalized spacial score (nSPS) is 12.4. The van der Waals surface area contributed by atoms with E-state index in [1.54, 1.807) is 31.0 Å². The maximum absolute atomic E-state index is 12.5. The van der Waals surface area contributed by atoms with Crippen molar-refractivity contribution in [3.05, 3.63) is 60.2 Å². The van der Waals surface area contributed by atoms with Crippen LogP contribution in [0.4, 0.5) is 5.69 Å². The van der Waals surface area contributed by atoms with Gasteiger partial charge in [0.25, 0.3) is 0 Å². The van der Waals surface area contributed by atoms with Crippen molar-refractivity contribution in [1.29, 1.82) is 0 Å². The van der Waals surface area contributed by atoms with Crippen molar-refractivity contribution < 1.29 is 13.2 Å². The third kappa shape index (κ3) is 5.80. The molecule has 2 aromatic rings. The highest BCUT2D eigenvalue weighted by molar-refractivity contribution is 7.89. The van der Waals surface area contributed by atoms with Crippen LogP contribution >= 0.6 is 0 Å². The Labute approximate surface area is 161 Å². The van der Waals surface area contributed by atoms with E-state index in [-0.39, 0.29) is 10.8 Å². The van der Waals surface area contributed by atoms with Crippen molar-refractivity contribution in [2.24, 2.45) is 0 Å². The highest BCUT2D eigenvalue weighted by Gasteiger charge is 2.24. The van der Waals surface area contributed by atoms with E-state index in [1.165, 1.54) is 12.1 Å². The molecule has 27 heavy (non-hydrogen) atoms.